The maximum atomic E-state index is 5.77. The Bertz CT molecular complexity index is 461. The van der Waals surface area contributed by atoms with E-state index >= 15 is 0 Å². The van der Waals surface area contributed by atoms with Crippen LogP contribution in [0.2, 0.25) is 0 Å². The molecule has 1 aromatic rings. The van der Waals surface area contributed by atoms with Crippen LogP contribution < -0.4 is 10.5 Å². The van der Waals surface area contributed by atoms with E-state index in [0.29, 0.717) is 11.6 Å². The van der Waals surface area contributed by atoms with Crippen molar-refractivity contribution in [3.05, 3.63) is 29.8 Å². The Labute approximate surface area is 132 Å². The third-order valence-corrected chi connectivity index (χ3v) is 4.09. The van der Waals surface area contributed by atoms with Gasteiger partial charge in [-0.1, -0.05) is 24.4 Å². The highest BCUT2D eigenvalue weighted by molar-refractivity contribution is 7.80. The van der Waals surface area contributed by atoms with Crippen LogP contribution in [0.25, 0.3) is 0 Å². The molecule has 1 saturated heterocycles. The van der Waals surface area contributed by atoms with Crippen molar-refractivity contribution in [2.45, 2.75) is 12.8 Å². The minimum atomic E-state index is 0.406. The molecule has 0 atom stereocenters. The maximum Gasteiger partial charge on any atom is 0.120 e. The van der Waals surface area contributed by atoms with Crippen molar-refractivity contribution >= 4 is 17.2 Å². The Kier molecular flexibility index (Phi) is 6.42. The zero-order chi connectivity index (χ0) is 15.1. The molecule has 0 bridgehead atoms. The summed E-state index contributed by atoms with van der Waals surface area (Å²) in [5.74, 6) is 0.827. The number of likely N-dealkylation sites (tertiary alicyclic amines) is 1. The summed E-state index contributed by atoms with van der Waals surface area (Å²) in [6.07, 6.45) is 2.71. The van der Waals surface area contributed by atoms with Crippen LogP contribution in [-0.4, -0.2) is 61.2 Å². The van der Waals surface area contributed by atoms with Crippen LogP contribution in [0.5, 0.6) is 5.75 Å². The molecule has 1 heterocycles. The number of likely N-dealkylation sites (N-methyl/N-ethyl adjacent to an activating group) is 1. The summed E-state index contributed by atoms with van der Waals surface area (Å²) in [5, 5.41) is 0. The topological polar surface area (TPSA) is 41.7 Å². The number of nitrogens with zero attached hydrogens (tertiary/aromatic N) is 2. The van der Waals surface area contributed by atoms with Crippen LogP contribution in [0.3, 0.4) is 0 Å². The molecule has 4 nitrogen and oxygen atoms in total. The molecule has 0 saturated carbocycles. The van der Waals surface area contributed by atoms with Gasteiger partial charge in [-0.25, -0.2) is 0 Å². The third kappa shape index (κ3) is 5.61. The Morgan fingerprint density at radius 3 is 2.81 bits per heavy atom. The molecule has 0 unspecified atom stereocenters. The fourth-order valence-corrected chi connectivity index (χ4v) is 2.62. The minimum absolute atomic E-state index is 0.406. The summed E-state index contributed by atoms with van der Waals surface area (Å²) in [4.78, 5) is 5.25. The monoisotopic (exact) mass is 307 g/mol. The molecule has 1 fully saturated rings. The van der Waals surface area contributed by atoms with E-state index in [1.54, 1.807) is 0 Å². The average molecular weight is 307 g/mol. The van der Waals surface area contributed by atoms with Gasteiger partial charge in [-0.2, -0.15) is 0 Å². The fraction of sp³-hybridized carbons (Fsp3) is 0.562. The van der Waals surface area contributed by atoms with Crippen LogP contribution in [0.15, 0.2) is 24.3 Å². The lowest BCUT2D eigenvalue weighted by molar-refractivity contribution is 0.213. The molecular weight excluding hydrogens is 282 g/mol. The largest absolute Gasteiger partial charge is 0.492 e. The van der Waals surface area contributed by atoms with E-state index in [1.165, 1.54) is 25.9 Å². The Balaban J connectivity index is 1.66. The number of thiocarbonyl (C=S) groups is 1. The molecule has 2 rings (SSSR count). The van der Waals surface area contributed by atoms with Crippen molar-refractivity contribution in [3.63, 3.8) is 0 Å². The lowest BCUT2D eigenvalue weighted by Crippen LogP contribution is -2.33. The zero-order valence-corrected chi connectivity index (χ0v) is 13.6. The predicted octanol–water partition coefficient (Wildman–Crippen LogP) is 1.73. The summed E-state index contributed by atoms with van der Waals surface area (Å²) >= 11 is 4.97. The van der Waals surface area contributed by atoms with Gasteiger partial charge in [0.15, 0.2) is 0 Å². The number of nitrogens with two attached hydrogens (primary N) is 1. The first-order chi connectivity index (χ1) is 10.1. The van der Waals surface area contributed by atoms with Gasteiger partial charge in [0.2, 0.25) is 0 Å². The van der Waals surface area contributed by atoms with Crippen molar-refractivity contribution in [3.8, 4) is 5.75 Å². The molecule has 1 aliphatic rings. The summed E-state index contributed by atoms with van der Waals surface area (Å²) in [7, 11) is 2.14. The van der Waals surface area contributed by atoms with Gasteiger partial charge in [-0.15, -0.1) is 0 Å². The average Bonchev–Trinajstić information content (AvgIpc) is 2.99. The second-order valence-electron chi connectivity index (χ2n) is 5.59. The zero-order valence-electron chi connectivity index (χ0n) is 12.8. The molecule has 1 aliphatic heterocycles. The second kappa shape index (κ2) is 8.32. The van der Waals surface area contributed by atoms with Crippen LogP contribution >= 0.6 is 12.2 Å². The van der Waals surface area contributed by atoms with Gasteiger partial charge in [0.1, 0.15) is 17.3 Å². The van der Waals surface area contributed by atoms with E-state index in [-0.39, 0.29) is 0 Å². The normalized spacial score (nSPS) is 15.5. The van der Waals surface area contributed by atoms with Crippen molar-refractivity contribution < 1.29 is 4.74 Å². The number of hydrogen-bond donors (Lipinski definition) is 1. The van der Waals surface area contributed by atoms with E-state index in [1.807, 2.05) is 24.3 Å². The molecule has 5 heteroatoms. The fourth-order valence-electron chi connectivity index (χ4n) is 2.49. The van der Waals surface area contributed by atoms with Gasteiger partial charge in [0, 0.05) is 25.2 Å². The summed E-state index contributed by atoms with van der Waals surface area (Å²) in [6.45, 7) is 6.37. The standard InChI is InChI=1S/C16H25N3OS/c1-18(9-10-19-7-2-3-8-19)11-12-20-15-6-4-5-14(13-15)16(17)21/h4-6,13H,2-3,7-12H2,1H3,(H2,17,21). The molecule has 0 spiro atoms. The first kappa shape index (κ1) is 16.2. The van der Waals surface area contributed by atoms with Gasteiger partial charge < -0.3 is 20.3 Å². The lowest BCUT2D eigenvalue weighted by atomic mass is 10.2. The summed E-state index contributed by atoms with van der Waals surface area (Å²) < 4.78 is 5.77. The molecule has 0 amide bonds. The highest BCUT2D eigenvalue weighted by Crippen LogP contribution is 2.13. The van der Waals surface area contributed by atoms with E-state index in [0.717, 1.165) is 30.9 Å². The van der Waals surface area contributed by atoms with Crippen LogP contribution in [0.1, 0.15) is 18.4 Å². The molecule has 0 aromatic heterocycles. The van der Waals surface area contributed by atoms with Gasteiger partial charge >= 0.3 is 0 Å². The Hall–Kier alpha value is -1.17. The first-order valence-corrected chi connectivity index (χ1v) is 7.99. The third-order valence-electron chi connectivity index (χ3n) is 3.86. The molecule has 0 radical (unpaired) electrons. The molecule has 2 N–H and O–H groups in total. The smallest absolute Gasteiger partial charge is 0.120 e. The number of rotatable bonds is 8. The SMILES string of the molecule is CN(CCOc1cccc(C(N)=S)c1)CCN1CCCC1. The highest BCUT2D eigenvalue weighted by Gasteiger charge is 2.11. The van der Waals surface area contributed by atoms with E-state index < -0.39 is 0 Å². The summed E-state index contributed by atoms with van der Waals surface area (Å²) in [6, 6.07) is 7.65. The van der Waals surface area contributed by atoms with Crippen molar-refractivity contribution in [2.75, 3.05) is 46.4 Å². The van der Waals surface area contributed by atoms with Crippen LogP contribution in [-0.2, 0) is 0 Å². The Morgan fingerprint density at radius 2 is 2.10 bits per heavy atom. The number of ether oxygens (including phenoxy) is 1. The molecular formula is C16H25N3OS. The van der Waals surface area contributed by atoms with Gasteiger partial charge in [-0.05, 0) is 45.1 Å². The van der Waals surface area contributed by atoms with Crippen molar-refractivity contribution in [2.24, 2.45) is 5.73 Å². The quantitative estimate of drug-likeness (QED) is 0.741. The number of benzene rings is 1. The number of hydrogen-bond acceptors (Lipinski definition) is 4. The van der Waals surface area contributed by atoms with Crippen molar-refractivity contribution in [1.29, 1.82) is 0 Å². The van der Waals surface area contributed by atoms with Gasteiger partial charge in [-0.3, -0.25) is 0 Å². The van der Waals surface area contributed by atoms with Crippen molar-refractivity contribution in [1.82, 2.24) is 9.80 Å². The summed E-state index contributed by atoms with van der Waals surface area (Å²) in [5.41, 5.74) is 6.47. The first-order valence-electron chi connectivity index (χ1n) is 7.59. The van der Waals surface area contributed by atoms with Gasteiger partial charge in [0.05, 0.1) is 0 Å². The second-order valence-corrected chi connectivity index (χ2v) is 6.03. The van der Waals surface area contributed by atoms with E-state index in [2.05, 4.69) is 16.8 Å². The minimum Gasteiger partial charge on any atom is -0.492 e. The lowest BCUT2D eigenvalue weighted by Gasteiger charge is -2.21. The van der Waals surface area contributed by atoms with Gasteiger partial charge in [0.25, 0.3) is 0 Å². The predicted molar refractivity (Wildman–Crippen MR) is 91.0 cm³/mol. The molecule has 1 aromatic carbocycles. The maximum absolute atomic E-state index is 5.77. The highest BCUT2D eigenvalue weighted by atomic mass is 32.1. The van der Waals surface area contributed by atoms with E-state index in [4.69, 9.17) is 22.7 Å². The molecule has 21 heavy (non-hydrogen) atoms. The molecule has 0 aliphatic carbocycles. The Morgan fingerprint density at radius 1 is 1.33 bits per heavy atom. The van der Waals surface area contributed by atoms with Crippen LogP contribution in [0, 0.1) is 0 Å². The van der Waals surface area contributed by atoms with Crippen LogP contribution in [0.4, 0.5) is 0 Å². The molecule has 116 valence electrons. The van der Waals surface area contributed by atoms with E-state index in [9.17, 15) is 0 Å².